The van der Waals surface area contributed by atoms with Gasteiger partial charge in [-0.2, -0.15) is 10.5 Å². The molecule has 1 heterocycles. The van der Waals surface area contributed by atoms with Gasteiger partial charge in [-0.3, -0.25) is 0 Å². The van der Waals surface area contributed by atoms with Crippen molar-refractivity contribution < 1.29 is 10.2 Å². The Bertz CT molecular complexity index is 162. The highest BCUT2D eigenvalue weighted by Crippen LogP contribution is 1.99. The minimum absolute atomic E-state index is 0.118. The van der Waals surface area contributed by atoms with Crippen molar-refractivity contribution in [1.29, 1.82) is 0 Å². The largest absolute Gasteiger partial charge is 0.390 e. The quantitative estimate of drug-likeness (QED) is 0.490. The zero-order chi connectivity index (χ0) is 6.69. The lowest BCUT2D eigenvalue weighted by molar-refractivity contribution is 0.322. The Morgan fingerprint density at radius 3 is 2.44 bits per heavy atom. The van der Waals surface area contributed by atoms with Gasteiger partial charge in [0.2, 0.25) is 0 Å². The SMILES string of the molecule is OCC1=CC(CO)=N[N]1. The van der Waals surface area contributed by atoms with Crippen molar-refractivity contribution in [1.82, 2.24) is 5.43 Å². The highest BCUT2D eigenvalue weighted by Gasteiger charge is 2.06. The topological polar surface area (TPSA) is 66.9 Å². The minimum atomic E-state index is -0.118. The van der Waals surface area contributed by atoms with Crippen LogP contribution in [0, 0.1) is 0 Å². The molecule has 0 atom stereocenters. The third-order valence-electron chi connectivity index (χ3n) is 0.964. The van der Waals surface area contributed by atoms with Crippen LogP contribution in [0.2, 0.25) is 0 Å². The fourth-order valence-corrected chi connectivity index (χ4v) is 0.533. The smallest absolute Gasteiger partial charge is 0.0904 e. The summed E-state index contributed by atoms with van der Waals surface area (Å²) in [6.07, 6.45) is 1.56. The molecule has 0 bridgehead atoms. The Hall–Kier alpha value is -0.870. The van der Waals surface area contributed by atoms with Crippen LogP contribution in [0.4, 0.5) is 0 Å². The lowest BCUT2D eigenvalue weighted by Crippen LogP contribution is -1.96. The van der Waals surface area contributed by atoms with Crippen LogP contribution in [0.15, 0.2) is 16.9 Å². The Morgan fingerprint density at radius 2 is 2.11 bits per heavy atom. The molecule has 0 saturated heterocycles. The van der Waals surface area contributed by atoms with Gasteiger partial charge in [-0.1, -0.05) is 0 Å². The van der Waals surface area contributed by atoms with Gasteiger partial charge in [-0.25, -0.2) is 0 Å². The molecule has 0 amide bonds. The number of aliphatic hydroxyl groups is 2. The number of nitrogens with zero attached hydrogens (tertiary/aromatic N) is 2. The first-order valence-electron chi connectivity index (χ1n) is 2.56. The second-order valence-corrected chi connectivity index (χ2v) is 1.64. The molecular formula is C5H7N2O2. The highest BCUT2D eigenvalue weighted by atomic mass is 16.3. The summed E-state index contributed by atoms with van der Waals surface area (Å²) in [6, 6.07) is 0. The van der Waals surface area contributed by atoms with Crippen LogP contribution in [0.3, 0.4) is 0 Å². The first kappa shape index (κ1) is 6.25. The summed E-state index contributed by atoms with van der Waals surface area (Å²) in [7, 11) is 0. The summed E-state index contributed by atoms with van der Waals surface area (Å²) in [5.41, 5.74) is 4.54. The second kappa shape index (κ2) is 2.61. The van der Waals surface area contributed by atoms with E-state index in [1.165, 1.54) is 0 Å². The molecule has 1 radical (unpaired) electrons. The maximum atomic E-state index is 8.46. The molecule has 1 aliphatic heterocycles. The maximum Gasteiger partial charge on any atom is 0.0904 e. The van der Waals surface area contributed by atoms with Crippen molar-refractivity contribution >= 4 is 5.71 Å². The van der Waals surface area contributed by atoms with Crippen molar-refractivity contribution in [2.24, 2.45) is 5.10 Å². The van der Waals surface area contributed by atoms with Gasteiger partial charge in [-0.05, 0) is 6.08 Å². The number of hydrogen-bond donors (Lipinski definition) is 2. The summed E-state index contributed by atoms with van der Waals surface area (Å²) >= 11 is 0. The Labute approximate surface area is 52.5 Å². The molecule has 0 aromatic heterocycles. The molecule has 1 rings (SSSR count). The van der Waals surface area contributed by atoms with E-state index in [2.05, 4.69) is 10.5 Å². The highest BCUT2D eigenvalue weighted by molar-refractivity contribution is 5.97. The van der Waals surface area contributed by atoms with Gasteiger partial charge in [0.1, 0.15) is 0 Å². The average molecular weight is 127 g/mol. The lowest BCUT2D eigenvalue weighted by atomic mass is 10.3. The van der Waals surface area contributed by atoms with Gasteiger partial charge >= 0.3 is 0 Å². The van der Waals surface area contributed by atoms with Crippen LogP contribution in [-0.2, 0) is 0 Å². The monoisotopic (exact) mass is 127 g/mol. The van der Waals surface area contributed by atoms with Crippen molar-refractivity contribution in [2.45, 2.75) is 0 Å². The van der Waals surface area contributed by atoms with Crippen molar-refractivity contribution in [3.8, 4) is 0 Å². The van der Waals surface area contributed by atoms with Crippen LogP contribution in [0.5, 0.6) is 0 Å². The van der Waals surface area contributed by atoms with E-state index in [1.54, 1.807) is 6.08 Å². The van der Waals surface area contributed by atoms with E-state index in [1.807, 2.05) is 0 Å². The molecule has 9 heavy (non-hydrogen) atoms. The number of aliphatic hydroxyl groups excluding tert-OH is 2. The lowest BCUT2D eigenvalue weighted by Gasteiger charge is -1.86. The molecule has 4 nitrogen and oxygen atoms in total. The Kier molecular flexibility index (Phi) is 1.81. The van der Waals surface area contributed by atoms with E-state index in [9.17, 15) is 0 Å². The standard InChI is InChI=1S/C5H7N2O2/c8-2-4-1-5(3-9)7-6-4/h1,8-9H,2-3H2. The zero-order valence-electron chi connectivity index (χ0n) is 4.78. The fraction of sp³-hybridized carbons (Fsp3) is 0.400. The third-order valence-corrected chi connectivity index (χ3v) is 0.964. The van der Waals surface area contributed by atoms with Gasteiger partial charge in [0.25, 0.3) is 0 Å². The molecule has 0 aromatic rings. The maximum absolute atomic E-state index is 8.46. The molecule has 4 heteroatoms. The molecule has 0 unspecified atom stereocenters. The number of hydrogen-bond acceptors (Lipinski definition) is 3. The van der Waals surface area contributed by atoms with Crippen LogP contribution in [0.25, 0.3) is 0 Å². The molecule has 0 spiro atoms. The first-order chi connectivity index (χ1) is 4.36. The van der Waals surface area contributed by atoms with Gasteiger partial charge in [-0.15, -0.1) is 0 Å². The molecule has 0 fully saturated rings. The summed E-state index contributed by atoms with van der Waals surface area (Å²) in [5.74, 6) is 0. The van der Waals surface area contributed by atoms with Crippen LogP contribution >= 0.6 is 0 Å². The van der Waals surface area contributed by atoms with Crippen molar-refractivity contribution in [3.63, 3.8) is 0 Å². The van der Waals surface area contributed by atoms with Crippen molar-refractivity contribution in [3.05, 3.63) is 11.8 Å². The van der Waals surface area contributed by atoms with E-state index >= 15 is 0 Å². The molecular weight excluding hydrogens is 120 g/mol. The van der Waals surface area contributed by atoms with Gasteiger partial charge < -0.3 is 10.2 Å². The normalized spacial score (nSPS) is 16.7. The van der Waals surface area contributed by atoms with E-state index in [0.717, 1.165) is 0 Å². The van der Waals surface area contributed by atoms with Crippen LogP contribution in [0.1, 0.15) is 0 Å². The van der Waals surface area contributed by atoms with Crippen LogP contribution < -0.4 is 5.43 Å². The number of rotatable bonds is 2. The Balaban J connectivity index is 2.52. The summed E-state index contributed by atoms with van der Waals surface area (Å²) in [4.78, 5) is 0. The predicted octanol–water partition coefficient (Wildman–Crippen LogP) is -1.17. The molecule has 2 N–H and O–H groups in total. The molecule has 0 saturated carbocycles. The zero-order valence-corrected chi connectivity index (χ0v) is 4.78. The average Bonchev–Trinajstić information content (AvgIpc) is 2.34. The molecule has 49 valence electrons. The van der Waals surface area contributed by atoms with E-state index < -0.39 is 0 Å². The fourth-order valence-electron chi connectivity index (χ4n) is 0.533. The molecule has 0 aromatic carbocycles. The third kappa shape index (κ3) is 1.28. The molecule has 1 aliphatic rings. The summed E-state index contributed by atoms with van der Waals surface area (Å²) < 4.78 is 0. The Morgan fingerprint density at radius 1 is 1.33 bits per heavy atom. The minimum Gasteiger partial charge on any atom is -0.390 e. The van der Waals surface area contributed by atoms with Gasteiger partial charge in [0.15, 0.2) is 0 Å². The summed E-state index contributed by atoms with van der Waals surface area (Å²) in [6.45, 7) is -0.236. The van der Waals surface area contributed by atoms with Crippen molar-refractivity contribution in [2.75, 3.05) is 13.2 Å². The van der Waals surface area contributed by atoms with E-state index in [-0.39, 0.29) is 13.2 Å². The first-order valence-corrected chi connectivity index (χ1v) is 2.56. The van der Waals surface area contributed by atoms with E-state index in [0.29, 0.717) is 11.4 Å². The second-order valence-electron chi connectivity index (χ2n) is 1.64. The van der Waals surface area contributed by atoms with Gasteiger partial charge in [0.05, 0.1) is 24.6 Å². The predicted molar refractivity (Wildman–Crippen MR) is 31.8 cm³/mol. The summed E-state index contributed by atoms with van der Waals surface area (Å²) in [5, 5.41) is 20.5. The van der Waals surface area contributed by atoms with Gasteiger partial charge in [0, 0.05) is 0 Å². The van der Waals surface area contributed by atoms with Crippen LogP contribution in [-0.4, -0.2) is 29.1 Å². The molecule has 0 aliphatic carbocycles. The van der Waals surface area contributed by atoms with E-state index in [4.69, 9.17) is 10.2 Å².